The highest BCUT2D eigenvalue weighted by molar-refractivity contribution is 5.19. The molecule has 0 fully saturated rings. The Morgan fingerprint density at radius 3 is 2.50 bits per heavy atom. The number of rotatable bonds is 8. The molecule has 0 amide bonds. The third-order valence-corrected chi connectivity index (χ3v) is 3.31. The zero-order valence-electron chi connectivity index (χ0n) is 11.0. The molecule has 0 aliphatic carbocycles. The standard InChI is InChI=1S/C13H27N3/c1-6-10-16(5)13(3,4)11(2)12(15)8-7-9-14/h6,12H,1-2,7-10,14-15H2,3-5H3. The third kappa shape index (κ3) is 4.08. The van der Waals surface area contributed by atoms with E-state index in [1.54, 1.807) is 0 Å². The predicted molar refractivity (Wildman–Crippen MR) is 72.3 cm³/mol. The maximum Gasteiger partial charge on any atom is 0.0376 e. The number of hydrogen-bond donors (Lipinski definition) is 2. The van der Waals surface area contributed by atoms with E-state index in [-0.39, 0.29) is 11.6 Å². The summed E-state index contributed by atoms with van der Waals surface area (Å²) in [6, 6.07) is 0.0193. The van der Waals surface area contributed by atoms with Crippen molar-refractivity contribution in [2.75, 3.05) is 20.1 Å². The summed E-state index contributed by atoms with van der Waals surface area (Å²) in [6.07, 6.45) is 3.74. The molecular formula is C13H27N3. The van der Waals surface area contributed by atoms with E-state index in [9.17, 15) is 0 Å². The van der Waals surface area contributed by atoms with Crippen molar-refractivity contribution >= 4 is 0 Å². The number of likely N-dealkylation sites (N-methyl/N-ethyl adjacent to an activating group) is 1. The van der Waals surface area contributed by atoms with Crippen LogP contribution in [0, 0.1) is 0 Å². The van der Waals surface area contributed by atoms with Crippen molar-refractivity contribution in [2.45, 2.75) is 38.3 Å². The zero-order chi connectivity index (χ0) is 12.8. The summed E-state index contributed by atoms with van der Waals surface area (Å²) in [4.78, 5) is 2.20. The van der Waals surface area contributed by atoms with Gasteiger partial charge in [0.2, 0.25) is 0 Å². The Morgan fingerprint density at radius 1 is 1.50 bits per heavy atom. The van der Waals surface area contributed by atoms with Crippen LogP contribution in [0.3, 0.4) is 0 Å². The van der Waals surface area contributed by atoms with Gasteiger partial charge in [-0.2, -0.15) is 0 Å². The molecule has 4 N–H and O–H groups in total. The lowest BCUT2D eigenvalue weighted by Gasteiger charge is -2.39. The molecule has 0 saturated carbocycles. The second-order valence-electron chi connectivity index (χ2n) is 4.79. The fourth-order valence-electron chi connectivity index (χ4n) is 1.63. The van der Waals surface area contributed by atoms with Crippen LogP contribution in [0.1, 0.15) is 26.7 Å². The van der Waals surface area contributed by atoms with Gasteiger partial charge in [0, 0.05) is 18.1 Å². The lowest BCUT2D eigenvalue weighted by atomic mass is 9.86. The van der Waals surface area contributed by atoms with E-state index < -0.39 is 0 Å². The van der Waals surface area contributed by atoms with Crippen molar-refractivity contribution in [1.82, 2.24) is 4.90 Å². The van der Waals surface area contributed by atoms with Crippen LogP contribution in [-0.4, -0.2) is 36.6 Å². The summed E-state index contributed by atoms with van der Waals surface area (Å²) in [5, 5.41) is 0. The van der Waals surface area contributed by atoms with Gasteiger partial charge in [-0.05, 0) is 45.9 Å². The highest BCUT2D eigenvalue weighted by Gasteiger charge is 2.29. The fourth-order valence-corrected chi connectivity index (χ4v) is 1.63. The fraction of sp³-hybridized carbons (Fsp3) is 0.692. The highest BCUT2D eigenvalue weighted by Crippen LogP contribution is 2.24. The molecule has 16 heavy (non-hydrogen) atoms. The second-order valence-corrected chi connectivity index (χ2v) is 4.79. The molecule has 94 valence electrons. The van der Waals surface area contributed by atoms with E-state index in [1.165, 1.54) is 0 Å². The number of nitrogens with two attached hydrogens (primary N) is 2. The normalized spacial score (nSPS) is 13.9. The minimum Gasteiger partial charge on any atom is -0.330 e. The first-order valence-electron chi connectivity index (χ1n) is 5.85. The molecule has 3 nitrogen and oxygen atoms in total. The predicted octanol–water partition coefficient (Wildman–Crippen LogP) is 1.51. The Morgan fingerprint density at radius 2 is 2.06 bits per heavy atom. The highest BCUT2D eigenvalue weighted by atomic mass is 15.2. The molecule has 0 aromatic rings. The summed E-state index contributed by atoms with van der Waals surface area (Å²) in [7, 11) is 2.06. The van der Waals surface area contributed by atoms with Crippen LogP contribution < -0.4 is 11.5 Å². The number of nitrogens with zero attached hydrogens (tertiary/aromatic N) is 1. The van der Waals surface area contributed by atoms with Gasteiger partial charge < -0.3 is 11.5 Å². The topological polar surface area (TPSA) is 55.3 Å². The maximum atomic E-state index is 6.12. The van der Waals surface area contributed by atoms with Gasteiger partial charge in [-0.15, -0.1) is 6.58 Å². The SMILES string of the molecule is C=CCN(C)C(C)(C)C(=C)C(N)CCCN. The Bertz CT molecular complexity index is 233. The van der Waals surface area contributed by atoms with Crippen molar-refractivity contribution < 1.29 is 0 Å². The minimum atomic E-state index is -0.109. The van der Waals surface area contributed by atoms with Crippen molar-refractivity contribution in [3.8, 4) is 0 Å². The monoisotopic (exact) mass is 225 g/mol. The van der Waals surface area contributed by atoms with Gasteiger partial charge >= 0.3 is 0 Å². The molecule has 0 bridgehead atoms. The van der Waals surface area contributed by atoms with Crippen molar-refractivity contribution in [3.05, 3.63) is 24.8 Å². The Labute approximate surface area is 100 Å². The van der Waals surface area contributed by atoms with Crippen LogP contribution >= 0.6 is 0 Å². The number of hydrogen-bond acceptors (Lipinski definition) is 3. The average Bonchev–Trinajstić information content (AvgIpc) is 2.24. The average molecular weight is 225 g/mol. The molecular weight excluding hydrogens is 198 g/mol. The quantitative estimate of drug-likeness (QED) is 0.616. The van der Waals surface area contributed by atoms with Gasteiger partial charge in [0.1, 0.15) is 0 Å². The smallest absolute Gasteiger partial charge is 0.0376 e. The van der Waals surface area contributed by atoms with Crippen LogP contribution in [0.5, 0.6) is 0 Å². The Balaban J connectivity index is 4.48. The van der Waals surface area contributed by atoms with Crippen LogP contribution in [0.2, 0.25) is 0 Å². The first kappa shape index (κ1) is 15.4. The summed E-state index contributed by atoms with van der Waals surface area (Å²) in [5.41, 5.74) is 12.6. The summed E-state index contributed by atoms with van der Waals surface area (Å²) in [6.45, 7) is 13.7. The van der Waals surface area contributed by atoms with E-state index in [0.29, 0.717) is 6.54 Å². The molecule has 1 unspecified atom stereocenters. The van der Waals surface area contributed by atoms with Crippen molar-refractivity contribution in [1.29, 1.82) is 0 Å². The van der Waals surface area contributed by atoms with E-state index >= 15 is 0 Å². The van der Waals surface area contributed by atoms with Gasteiger partial charge in [-0.3, -0.25) is 4.90 Å². The summed E-state index contributed by atoms with van der Waals surface area (Å²) >= 11 is 0. The molecule has 0 radical (unpaired) electrons. The third-order valence-electron chi connectivity index (χ3n) is 3.31. The van der Waals surface area contributed by atoms with Gasteiger partial charge in [-0.25, -0.2) is 0 Å². The lowest BCUT2D eigenvalue weighted by Crippen LogP contribution is -2.47. The minimum absolute atomic E-state index is 0.0193. The zero-order valence-corrected chi connectivity index (χ0v) is 11.0. The lowest BCUT2D eigenvalue weighted by molar-refractivity contribution is 0.204. The molecule has 0 aromatic heterocycles. The van der Waals surface area contributed by atoms with Crippen LogP contribution in [0.25, 0.3) is 0 Å². The van der Waals surface area contributed by atoms with E-state index in [2.05, 4.69) is 39.0 Å². The summed E-state index contributed by atoms with van der Waals surface area (Å²) in [5.74, 6) is 0. The van der Waals surface area contributed by atoms with Crippen LogP contribution in [0.15, 0.2) is 24.8 Å². The largest absolute Gasteiger partial charge is 0.330 e. The van der Waals surface area contributed by atoms with Gasteiger partial charge in [-0.1, -0.05) is 12.7 Å². The molecule has 0 aliphatic heterocycles. The van der Waals surface area contributed by atoms with Gasteiger partial charge in [0.25, 0.3) is 0 Å². The summed E-state index contributed by atoms with van der Waals surface area (Å²) < 4.78 is 0. The van der Waals surface area contributed by atoms with Crippen molar-refractivity contribution in [3.63, 3.8) is 0 Å². The molecule has 1 atom stereocenters. The molecule has 3 heteroatoms. The molecule has 0 heterocycles. The molecule has 0 rings (SSSR count). The first-order chi connectivity index (χ1) is 7.37. The van der Waals surface area contributed by atoms with Gasteiger partial charge in [0.15, 0.2) is 0 Å². The Kier molecular flexibility index (Phi) is 6.56. The molecule has 0 aromatic carbocycles. The first-order valence-corrected chi connectivity index (χ1v) is 5.85. The van der Waals surface area contributed by atoms with E-state index in [0.717, 1.165) is 25.0 Å². The van der Waals surface area contributed by atoms with E-state index in [1.807, 2.05) is 6.08 Å². The van der Waals surface area contributed by atoms with Crippen molar-refractivity contribution in [2.24, 2.45) is 11.5 Å². The van der Waals surface area contributed by atoms with E-state index in [4.69, 9.17) is 11.5 Å². The molecule has 0 spiro atoms. The Hall–Kier alpha value is -0.640. The molecule has 0 saturated heterocycles. The van der Waals surface area contributed by atoms with Crippen LogP contribution in [-0.2, 0) is 0 Å². The molecule has 0 aliphatic rings. The second kappa shape index (κ2) is 6.84. The van der Waals surface area contributed by atoms with Gasteiger partial charge in [0.05, 0.1) is 0 Å². The van der Waals surface area contributed by atoms with Crippen LogP contribution in [0.4, 0.5) is 0 Å². The maximum absolute atomic E-state index is 6.12.